The molecule has 3 aromatic heterocycles. The van der Waals surface area contributed by atoms with Gasteiger partial charge in [-0.25, -0.2) is 14.4 Å². The van der Waals surface area contributed by atoms with Crippen molar-refractivity contribution in [2.45, 2.75) is 12.4 Å². The Morgan fingerprint density at radius 1 is 1.07 bits per heavy atom. The third-order valence-corrected chi connectivity index (χ3v) is 3.79. The molecule has 0 radical (unpaired) electrons. The monoisotopic (exact) mass is 458 g/mol. The van der Waals surface area contributed by atoms with Crippen molar-refractivity contribution >= 4 is 21.4 Å². The highest BCUT2D eigenvalue weighted by Crippen LogP contribution is 2.33. The molecular weight excluding hydrogens is 453 g/mol. The van der Waals surface area contributed by atoms with Crippen LogP contribution in [0.5, 0.6) is 5.88 Å². The maximum atomic E-state index is 13.9. The molecule has 0 aliphatic carbocycles. The van der Waals surface area contributed by atoms with Gasteiger partial charge in [0.15, 0.2) is 12.4 Å². The van der Waals surface area contributed by atoms with E-state index in [1.165, 1.54) is 0 Å². The molecule has 3 rings (SSSR count). The summed E-state index contributed by atoms with van der Waals surface area (Å²) in [4.78, 5) is 10.7. The third-order valence-electron chi connectivity index (χ3n) is 3.21. The van der Waals surface area contributed by atoms with Crippen LogP contribution in [0.4, 0.5) is 30.7 Å². The van der Waals surface area contributed by atoms with Gasteiger partial charge < -0.3 is 4.74 Å². The van der Waals surface area contributed by atoms with Crippen LogP contribution in [0.2, 0.25) is 0 Å². The quantitative estimate of drug-likeness (QED) is 0.536. The van der Waals surface area contributed by atoms with Crippen LogP contribution in [0.15, 0.2) is 29.3 Å². The van der Waals surface area contributed by atoms with Gasteiger partial charge in [-0.05, 0) is 22.0 Å². The van der Waals surface area contributed by atoms with Crippen molar-refractivity contribution in [1.82, 2.24) is 19.4 Å². The summed E-state index contributed by atoms with van der Waals surface area (Å²) in [6.45, 7) is -1.74. The second-order valence-corrected chi connectivity index (χ2v) is 5.92. The zero-order chi connectivity index (χ0) is 20.0. The number of nitrogens with zero attached hydrogens (tertiary/aromatic N) is 4. The fraction of sp³-hybridized carbons (Fsp3) is 0.214. The van der Waals surface area contributed by atoms with Gasteiger partial charge in [0.2, 0.25) is 5.82 Å². The Balaban J connectivity index is 1.99. The molecule has 0 aliphatic heterocycles. The lowest BCUT2D eigenvalue weighted by atomic mass is 10.2. The molecule has 0 aliphatic rings. The Hall–Kier alpha value is -2.44. The van der Waals surface area contributed by atoms with Gasteiger partial charge in [0.1, 0.15) is 4.60 Å². The summed E-state index contributed by atoms with van der Waals surface area (Å²) < 4.78 is 94.3. The number of aromatic nitrogens is 4. The second-order valence-electron chi connectivity index (χ2n) is 5.17. The van der Waals surface area contributed by atoms with Gasteiger partial charge in [-0.1, -0.05) is 0 Å². The number of pyridine rings is 1. The maximum absolute atomic E-state index is 13.9. The summed E-state index contributed by atoms with van der Waals surface area (Å²) in [5.74, 6) is -3.34. The van der Waals surface area contributed by atoms with E-state index >= 15 is 0 Å². The normalized spacial score (nSPS) is 12.6. The van der Waals surface area contributed by atoms with Crippen molar-refractivity contribution in [3.63, 3.8) is 0 Å². The van der Waals surface area contributed by atoms with Crippen LogP contribution in [-0.2, 0) is 6.18 Å². The molecule has 0 saturated heterocycles. The molecule has 0 amide bonds. The minimum atomic E-state index is -4.76. The van der Waals surface area contributed by atoms with Crippen LogP contribution in [0.3, 0.4) is 0 Å². The summed E-state index contributed by atoms with van der Waals surface area (Å²) in [6, 6.07) is 0.756. The number of hydrogen-bond donors (Lipinski definition) is 0. The Bertz CT molecular complexity index is 1000. The van der Waals surface area contributed by atoms with Crippen LogP contribution in [0.1, 0.15) is 5.82 Å². The van der Waals surface area contributed by atoms with E-state index in [0.717, 1.165) is 24.7 Å². The maximum Gasteiger partial charge on any atom is 0.450 e. The molecule has 0 fully saturated rings. The van der Waals surface area contributed by atoms with E-state index in [-0.39, 0.29) is 21.4 Å². The topological polar surface area (TPSA) is 52.3 Å². The number of alkyl halides is 6. The Labute approximate surface area is 154 Å². The van der Waals surface area contributed by atoms with E-state index < -0.39 is 36.5 Å². The molecule has 3 heterocycles. The molecule has 0 bridgehead atoms. The van der Waals surface area contributed by atoms with Crippen molar-refractivity contribution in [2.75, 3.05) is 6.61 Å². The lowest BCUT2D eigenvalue weighted by molar-refractivity contribution is -0.154. The minimum Gasteiger partial charge on any atom is -0.466 e. The number of rotatable bonds is 3. The van der Waals surface area contributed by atoms with E-state index in [0.29, 0.717) is 4.40 Å². The van der Waals surface area contributed by atoms with Crippen LogP contribution in [0.25, 0.3) is 16.8 Å². The molecule has 13 heteroatoms. The summed E-state index contributed by atoms with van der Waals surface area (Å²) in [5, 5.41) is 0. The minimum absolute atomic E-state index is 0.0182. The summed E-state index contributed by atoms with van der Waals surface area (Å²) in [5.41, 5.74) is -0.150. The largest absolute Gasteiger partial charge is 0.466 e. The lowest BCUT2D eigenvalue weighted by Gasteiger charge is -2.10. The molecule has 5 nitrogen and oxygen atoms in total. The molecular formula is C14H6BrF7N4O. The highest BCUT2D eigenvalue weighted by Gasteiger charge is 2.37. The van der Waals surface area contributed by atoms with Crippen LogP contribution < -0.4 is 4.74 Å². The van der Waals surface area contributed by atoms with Crippen LogP contribution in [0, 0.1) is 5.82 Å². The molecule has 3 aromatic rings. The highest BCUT2D eigenvalue weighted by atomic mass is 79.9. The lowest BCUT2D eigenvalue weighted by Crippen LogP contribution is -2.20. The first-order valence-corrected chi connectivity index (χ1v) is 7.71. The van der Waals surface area contributed by atoms with E-state index in [9.17, 15) is 30.7 Å². The number of fused-ring (bicyclic) bond motifs is 1. The first-order valence-electron chi connectivity index (χ1n) is 6.92. The summed E-state index contributed by atoms with van der Waals surface area (Å²) in [7, 11) is 0. The van der Waals surface area contributed by atoms with Crippen LogP contribution in [-0.4, -0.2) is 32.1 Å². The van der Waals surface area contributed by atoms with Crippen molar-refractivity contribution in [3.8, 4) is 17.1 Å². The van der Waals surface area contributed by atoms with E-state index in [1.807, 2.05) is 0 Å². The molecule has 144 valence electrons. The standard InChI is InChI=1S/C14H6BrF7N4O/c15-10-9-3-23-8(4-26(9)12(25-10)14(20,21)22)6-1-7(16)11(24-2-6)27-5-13(17,18)19/h1-4H,5H2. The van der Waals surface area contributed by atoms with Gasteiger partial charge in [0.05, 0.1) is 17.4 Å². The van der Waals surface area contributed by atoms with E-state index in [4.69, 9.17) is 0 Å². The molecule has 0 unspecified atom stereocenters. The third kappa shape index (κ3) is 4.12. The van der Waals surface area contributed by atoms with E-state index in [1.54, 1.807) is 0 Å². The highest BCUT2D eigenvalue weighted by molar-refractivity contribution is 9.10. The molecule has 27 heavy (non-hydrogen) atoms. The smallest absolute Gasteiger partial charge is 0.450 e. The molecule has 0 N–H and O–H groups in total. The molecule has 0 aromatic carbocycles. The molecule has 0 saturated carbocycles. The van der Waals surface area contributed by atoms with Crippen molar-refractivity contribution in [3.05, 3.63) is 40.9 Å². The Kier molecular flexibility index (Phi) is 4.74. The zero-order valence-corrected chi connectivity index (χ0v) is 14.3. The number of hydrogen-bond acceptors (Lipinski definition) is 4. The second kappa shape index (κ2) is 6.62. The van der Waals surface area contributed by atoms with E-state index in [2.05, 4.69) is 35.6 Å². The first-order chi connectivity index (χ1) is 12.5. The van der Waals surface area contributed by atoms with Gasteiger partial charge in [-0.2, -0.15) is 26.3 Å². The first kappa shape index (κ1) is 19.3. The molecule has 0 spiro atoms. The van der Waals surface area contributed by atoms with Gasteiger partial charge >= 0.3 is 12.4 Å². The van der Waals surface area contributed by atoms with Gasteiger partial charge in [0.25, 0.3) is 5.88 Å². The predicted molar refractivity (Wildman–Crippen MR) is 80.4 cm³/mol. The zero-order valence-electron chi connectivity index (χ0n) is 12.7. The Morgan fingerprint density at radius 2 is 1.78 bits per heavy atom. The predicted octanol–water partition coefficient (Wildman–Crippen LogP) is 4.65. The van der Waals surface area contributed by atoms with Crippen molar-refractivity contribution in [1.29, 1.82) is 0 Å². The van der Waals surface area contributed by atoms with Gasteiger partial charge in [-0.15, -0.1) is 0 Å². The summed E-state index contributed by atoms with van der Waals surface area (Å²) >= 11 is 2.89. The average molecular weight is 459 g/mol. The summed E-state index contributed by atoms with van der Waals surface area (Å²) in [6.07, 6.45) is -6.47. The van der Waals surface area contributed by atoms with Crippen molar-refractivity contribution in [2.24, 2.45) is 0 Å². The van der Waals surface area contributed by atoms with Gasteiger partial charge in [-0.3, -0.25) is 9.38 Å². The number of imidazole rings is 1. The van der Waals surface area contributed by atoms with Crippen molar-refractivity contribution < 1.29 is 35.5 Å². The fourth-order valence-electron chi connectivity index (χ4n) is 2.12. The SMILES string of the molecule is Fc1cc(-c2cn3c(C(F)(F)F)nc(Br)c3cn2)cnc1OCC(F)(F)F. The van der Waals surface area contributed by atoms with Crippen LogP contribution >= 0.6 is 15.9 Å². The Morgan fingerprint density at radius 3 is 2.37 bits per heavy atom. The molecule has 0 atom stereocenters. The van der Waals surface area contributed by atoms with Gasteiger partial charge in [0, 0.05) is 18.0 Å². The average Bonchev–Trinajstić information content (AvgIpc) is 2.89. The number of halogens is 8. The fourth-order valence-corrected chi connectivity index (χ4v) is 2.58. The number of ether oxygens (including phenoxy) is 1.